The summed E-state index contributed by atoms with van der Waals surface area (Å²) in [6.45, 7) is 5.55. The second kappa shape index (κ2) is 15.6. The molecule has 3 heteroatoms. The van der Waals surface area contributed by atoms with Gasteiger partial charge in [0.1, 0.15) is 13.1 Å². The van der Waals surface area contributed by atoms with Gasteiger partial charge >= 0.3 is 0 Å². The summed E-state index contributed by atoms with van der Waals surface area (Å²) >= 11 is 0. The number of unbranched alkanes of at least 4 members (excludes halogenated alkanes) is 10. The van der Waals surface area contributed by atoms with Gasteiger partial charge in [-0.25, -0.2) is 0 Å². The van der Waals surface area contributed by atoms with Crippen LogP contribution in [0.15, 0.2) is 53.1 Å². The molecule has 0 aliphatic carbocycles. The van der Waals surface area contributed by atoms with E-state index in [9.17, 15) is 0 Å². The van der Waals surface area contributed by atoms with Gasteiger partial charge in [-0.15, -0.1) is 0 Å². The maximum Gasteiger partial charge on any atom is 0.158 e. The molecule has 0 amide bonds. The molecule has 1 heterocycles. The molecule has 2 nitrogen and oxygen atoms in total. The van der Waals surface area contributed by atoms with Gasteiger partial charge in [0, 0.05) is 5.56 Å². The molecule has 0 saturated heterocycles. The molecule has 1 aromatic carbocycles. The fraction of sp³-hybridized carbons (Fsp3) is 0.615. The Balaban J connectivity index is 0.00000420. The van der Waals surface area contributed by atoms with Crippen molar-refractivity contribution < 1.29 is 21.3 Å². The van der Waals surface area contributed by atoms with Crippen molar-refractivity contribution in [3.8, 4) is 0 Å². The maximum absolute atomic E-state index is 5.66. The van der Waals surface area contributed by atoms with E-state index in [1.807, 2.05) is 6.07 Å². The first kappa shape index (κ1) is 25.8. The predicted octanol–water partition coefficient (Wildman–Crippen LogP) is 4.74. The Morgan fingerprint density at radius 2 is 1.28 bits per heavy atom. The lowest BCUT2D eigenvalue weighted by Gasteiger charge is -2.34. The zero-order valence-electron chi connectivity index (χ0n) is 18.8. The maximum atomic E-state index is 5.66. The van der Waals surface area contributed by atoms with Crippen LogP contribution < -0.4 is 12.4 Å². The SMILES string of the molecule is CCCCCCCCCCCCC[N+](C)(Cc1ccccc1)Cc1ccco1.[Cl-]. The van der Waals surface area contributed by atoms with Crippen LogP contribution in [0.2, 0.25) is 0 Å². The molecule has 2 rings (SSSR count). The average Bonchev–Trinajstić information content (AvgIpc) is 3.19. The largest absolute Gasteiger partial charge is 1.00 e. The summed E-state index contributed by atoms with van der Waals surface area (Å²) < 4.78 is 6.68. The normalized spacial score (nSPS) is 13.0. The monoisotopic (exact) mass is 419 g/mol. The molecule has 0 spiro atoms. The summed E-state index contributed by atoms with van der Waals surface area (Å²) in [5.74, 6) is 1.10. The molecule has 2 aromatic rings. The van der Waals surface area contributed by atoms with Gasteiger partial charge in [0.25, 0.3) is 0 Å². The van der Waals surface area contributed by atoms with E-state index in [0.717, 1.165) is 23.3 Å². The van der Waals surface area contributed by atoms with Crippen molar-refractivity contribution in [2.75, 3.05) is 13.6 Å². The van der Waals surface area contributed by atoms with Crippen molar-refractivity contribution in [3.63, 3.8) is 0 Å². The van der Waals surface area contributed by atoms with Gasteiger partial charge in [-0.2, -0.15) is 0 Å². The van der Waals surface area contributed by atoms with Crippen LogP contribution in [0.25, 0.3) is 0 Å². The highest BCUT2D eigenvalue weighted by atomic mass is 35.5. The van der Waals surface area contributed by atoms with Crippen LogP contribution in [0.5, 0.6) is 0 Å². The zero-order chi connectivity index (χ0) is 19.9. The first-order chi connectivity index (χ1) is 13.7. The second-order valence-electron chi connectivity index (χ2n) is 8.76. The van der Waals surface area contributed by atoms with E-state index in [1.165, 1.54) is 82.7 Å². The number of halogens is 1. The van der Waals surface area contributed by atoms with Gasteiger partial charge in [0.15, 0.2) is 5.76 Å². The lowest BCUT2D eigenvalue weighted by Crippen LogP contribution is -3.00. The Labute approximate surface area is 185 Å². The molecule has 1 aromatic heterocycles. The molecule has 29 heavy (non-hydrogen) atoms. The van der Waals surface area contributed by atoms with Crippen LogP contribution in [0.3, 0.4) is 0 Å². The molecule has 164 valence electrons. The van der Waals surface area contributed by atoms with Crippen molar-refractivity contribution in [2.45, 2.75) is 90.6 Å². The van der Waals surface area contributed by atoms with Crippen molar-refractivity contribution in [1.82, 2.24) is 0 Å². The van der Waals surface area contributed by atoms with E-state index in [0.29, 0.717) is 0 Å². The zero-order valence-corrected chi connectivity index (χ0v) is 19.5. The third-order valence-corrected chi connectivity index (χ3v) is 5.83. The van der Waals surface area contributed by atoms with Crippen LogP contribution in [0, 0.1) is 0 Å². The number of hydrogen-bond acceptors (Lipinski definition) is 1. The van der Waals surface area contributed by atoms with Gasteiger partial charge in [-0.1, -0.05) is 95.0 Å². The van der Waals surface area contributed by atoms with Gasteiger partial charge in [-0.05, 0) is 25.0 Å². The summed E-state index contributed by atoms with van der Waals surface area (Å²) in [7, 11) is 2.38. The lowest BCUT2D eigenvalue weighted by molar-refractivity contribution is -0.936. The minimum atomic E-state index is 0. The van der Waals surface area contributed by atoms with Crippen LogP contribution >= 0.6 is 0 Å². The minimum Gasteiger partial charge on any atom is -1.00 e. The van der Waals surface area contributed by atoms with Gasteiger partial charge in [0.2, 0.25) is 0 Å². The molecule has 0 saturated carbocycles. The summed E-state index contributed by atoms with van der Waals surface area (Å²) in [6.07, 6.45) is 17.2. The van der Waals surface area contributed by atoms with Crippen molar-refractivity contribution in [1.29, 1.82) is 0 Å². The van der Waals surface area contributed by atoms with Gasteiger partial charge in [0.05, 0.1) is 19.9 Å². The van der Waals surface area contributed by atoms with E-state index in [2.05, 4.69) is 50.4 Å². The number of benzene rings is 1. The number of hydrogen-bond donors (Lipinski definition) is 0. The lowest BCUT2D eigenvalue weighted by atomic mass is 10.1. The summed E-state index contributed by atoms with van der Waals surface area (Å²) in [5, 5.41) is 0. The number of nitrogens with zero attached hydrogens (tertiary/aromatic N) is 1. The topological polar surface area (TPSA) is 13.1 Å². The van der Waals surface area contributed by atoms with E-state index >= 15 is 0 Å². The molecule has 0 aliphatic rings. The first-order valence-electron chi connectivity index (χ1n) is 11.6. The number of quaternary nitrogens is 1. The molecule has 0 N–H and O–H groups in total. The Morgan fingerprint density at radius 3 is 1.83 bits per heavy atom. The van der Waals surface area contributed by atoms with Crippen LogP contribution in [-0.2, 0) is 13.1 Å². The van der Waals surface area contributed by atoms with E-state index in [1.54, 1.807) is 6.26 Å². The first-order valence-corrected chi connectivity index (χ1v) is 11.6. The van der Waals surface area contributed by atoms with Crippen molar-refractivity contribution >= 4 is 0 Å². The Hall–Kier alpha value is -1.25. The van der Waals surface area contributed by atoms with Crippen LogP contribution in [0.1, 0.15) is 88.9 Å². The summed E-state index contributed by atoms with van der Waals surface area (Å²) in [6, 6.07) is 15.0. The van der Waals surface area contributed by atoms with E-state index < -0.39 is 0 Å². The molecule has 1 unspecified atom stereocenters. The number of rotatable bonds is 16. The average molecular weight is 420 g/mol. The fourth-order valence-electron chi connectivity index (χ4n) is 4.17. The standard InChI is InChI=1S/C26H42NO.ClH/c1-3-4-5-6-7-8-9-10-11-12-16-21-27(2,24-26-20-17-22-28-26)23-25-18-14-13-15-19-25;/h13-15,17-20,22H,3-12,16,21,23-24H2,1-2H3;1H/q+1;/p-1. The third kappa shape index (κ3) is 11.5. The molecular formula is C26H42ClNO. The van der Waals surface area contributed by atoms with Crippen LogP contribution in [0.4, 0.5) is 0 Å². The Bertz CT molecular complexity index is 598. The highest BCUT2D eigenvalue weighted by Gasteiger charge is 2.23. The Morgan fingerprint density at radius 1 is 0.690 bits per heavy atom. The molecule has 0 aliphatic heterocycles. The minimum absolute atomic E-state index is 0. The second-order valence-corrected chi connectivity index (χ2v) is 8.76. The Kier molecular flexibility index (Phi) is 13.8. The molecule has 0 fully saturated rings. The van der Waals surface area contributed by atoms with Crippen molar-refractivity contribution in [3.05, 3.63) is 60.1 Å². The molecule has 0 bridgehead atoms. The third-order valence-electron chi connectivity index (χ3n) is 5.83. The van der Waals surface area contributed by atoms with E-state index in [-0.39, 0.29) is 12.4 Å². The van der Waals surface area contributed by atoms with Gasteiger partial charge in [-0.3, -0.25) is 0 Å². The van der Waals surface area contributed by atoms with Crippen LogP contribution in [-0.4, -0.2) is 18.1 Å². The highest BCUT2D eigenvalue weighted by Crippen LogP contribution is 2.20. The fourth-order valence-corrected chi connectivity index (χ4v) is 4.17. The highest BCUT2D eigenvalue weighted by molar-refractivity contribution is 5.13. The predicted molar refractivity (Wildman–Crippen MR) is 120 cm³/mol. The van der Waals surface area contributed by atoms with Crippen molar-refractivity contribution in [2.24, 2.45) is 0 Å². The molecule has 0 radical (unpaired) electrons. The van der Waals surface area contributed by atoms with Gasteiger partial charge < -0.3 is 21.3 Å². The summed E-state index contributed by atoms with van der Waals surface area (Å²) in [4.78, 5) is 0. The van der Waals surface area contributed by atoms with E-state index in [4.69, 9.17) is 4.42 Å². The number of furan rings is 1. The quantitative estimate of drug-likeness (QED) is 0.283. The summed E-state index contributed by atoms with van der Waals surface area (Å²) in [5.41, 5.74) is 1.42. The smallest absolute Gasteiger partial charge is 0.158 e. The molecule has 1 atom stereocenters. The molecular weight excluding hydrogens is 378 g/mol.